The molecule has 1 fully saturated rings. The van der Waals surface area contributed by atoms with Crippen LogP contribution in [0.15, 0.2) is 36.4 Å². The van der Waals surface area contributed by atoms with Crippen molar-refractivity contribution in [3.8, 4) is 17.0 Å². The van der Waals surface area contributed by atoms with Crippen LogP contribution < -0.4 is 4.74 Å². The van der Waals surface area contributed by atoms with Gasteiger partial charge in [-0.1, -0.05) is 6.07 Å². The zero-order valence-corrected chi connectivity index (χ0v) is 17.0. The van der Waals surface area contributed by atoms with E-state index in [4.69, 9.17) is 4.74 Å². The zero-order valence-electron chi connectivity index (χ0n) is 17.0. The summed E-state index contributed by atoms with van der Waals surface area (Å²) in [7, 11) is 3.20. The Labute approximate surface area is 178 Å². The number of carbonyl (C=O) groups excluding carboxylic acids is 1. The molecule has 3 aromatic rings. The summed E-state index contributed by atoms with van der Waals surface area (Å²) in [5.74, 6) is -2.69. The summed E-state index contributed by atoms with van der Waals surface area (Å²) in [6.45, 7) is 0. The van der Waals surface area contributed by atoms with Crippen LogP contribution in [0.1, 0.15) is 41.9 Å². The quantitative estimate of drug-likeness (QED) is 0.569. The lowest BCUT2D eigenvalue weighted by molar-refractivity contribution is 0.0642. The first-order chi connectivity index (χ1) is 14.9. The van der Waals surface area contributed by atoms with Gasteiger partial charge >= 0.3 is 0 Å². The number of carbonyl (C=O) groups is 1. The Balaban J connectivity index is 0.00000245. The van der Waals surface area contributed by atoms with E-state index in [0.29, 0.717) is 35.2 Å². The van der Waals surface area contributed by atoms with Crippen molar-refractivity contribution in [1.82, 2.24) is 14.7 Å². The average Bonchev–Trinajstić information content (AvgIpc) is 3.26. The third-order valence-electron chi connectivity index (χ3n) is 6.25. The number of amides is 1. The minimum Gasteiger partial charge on any atom is -0.497 e. The summed E-state index contributed by atoms with van der Waals surface area (Å²) < 4.78 is 48.6. The molecule has 0 spiro atoms. The highest BCUT2D eigenvalue weighted by Crippen LogP contribution is 2.47. The second kappa shape index (κ2) is 7.14. The number of hydrogen-bond acceptors (Lipinski definition) is 3. The van der Waals surface area contributed by atoms with Crippen molar-refractivity contribution in [3.63, 3.8) is 0 Å². The molecule has 0 saturated carbocycles. The Morgan fingerprint density at radius 3 is 2.68 bits per heavy atom. The Kier molecular flexibility index (Phi) is 4.53. The van der Waals surface area contributed by atoms with E-state index >= 15 is 0 Å². The van der Waals surface area contributed by atoms with Crippen molar-refractivity contribution in [3.05, 3.63) is 70.7 Å². The second-order valence-electron chi connectivity index (χ2n) is 7.98. The minimum atomic E-state index is -1.23. The van der Waals surface area contributed by atoms with Gasteiger partial charge in [0.1, 0.15) is 11.6 Å². The highest BCUT2D eigenvalue weighted by atomic mass is 19.2. The van der Waals surface area contributed by atoms with Crippen LogP contribution in [0.3, 0.4) is 0 Å². The van der Waals surface area contributed by atoms with E-state index in [1.807, 2.05) is 4.90 Å². The van der Waals surface area contributed by atoms with Crippen LogP contribution in [-0.4, -0.2) is 33.7 Å². The third kappa shape index (κ3) is 3.00. The molecule has 2 aliphatic rings. The largest absolute Gasteiger partial charge is 0.497 e. The predicted octanol–water partition coefficient (Wildman–Crippen LogP) is 4.66. The van der Waals surface area contributed by atoms with Crippen molar-refractivity contribution in [2.45, 2.75) is 31.3 Å². The molecular weight excluding hydrogens is 407 g/mol. The molecule has 31 heavy (non-hydrogen) atoms. The average molecular weight is 429 g/mol. The lowest BCUT2D eigenvalue weighted by Crippen LogP contribution is -2.41. The van der Waals surface area contributed by atoms with Gasteiger partial charge in [-0.25, -0.2) is 13.2 Å². The maximum absolute atomic E-state index is 14.5. The van der Waals surface area contributed by atoms with Gasteiger partial charge in [0.25, 0.3) is 5.91 Å². The number of fused-ring (bicyclic) bond motifs is 4. The van der Waals surface area contributed by atoms with Gasteiger partial charge < -0.3 is 9.64 Å². The Morgan fingerprint density at radius 1 is 1.13 bits per heavy atom. The van der Waals surface area contributed by atoms with Gasteiger partial charge in [0, 0.05) is 37.3 Å². The number of nitrogens with zero attached hydrogens (tertiary/aromatic N) is 3. The molecule has 1 aromatic heterocycles. The molecule has 1 unspecified atom stereocenters. The summed E-state index contributed by atoms with van der Waals surface area (Å²) in [4.78, 5) is 15.2. The van der Waals surface area contributed by atoms with Crippen LogP contribution in [0.4, 0.5) is 13.2 Å². The first kappa shape index (κ1) is 19.7. The smallest absolute Gasteiger partial charge is 0.254 e. The van der Waals surface area contributed by atoms with Gasteiger partial charge in [0.05, 0.1) is 24.5 Å². The number of benzene rings is 2. The van der Waals surface area contributed by atoms with Crippen LogP contribution in [0.2, 0.25) is 0 Å². The second-order valence-corrected chi connectivity index (χ2v) is 7.98. The van der Waals surface area contributed by atoms with Crippen LogP contribution >= 0.6 is 0 Å². The molecule has 2 bridgehead atoms. The molecule has 0 aliphatic carbocycles. The molecule has 3 heterocycles. The number of hydrogen-bond donors (Lipinski definition) is 0. The summed E-state index contributed by atoms with van der Waals surface area (Å²) in [6, 6.07) is 8.11. The summed E-state index contributed by atoms with van der Waals surface area (Å²) in [5, 5.41) is 4.57. The number of methoxy groups -OCH3 is 1. The van der Waals surface area contributed by atoms with Gasteiger partial charge in [-0.3, -0.25) is 9.48 Å². The van der Waals surface area contributed by atoms with Gasteiger partial charge in [-0.05, 0) is 43.5 Å². The lowest BCUT2D eigenvalue weighted by atomic mass is 9.94. The topological polar surface area (TPSA) is 47.4 Å². The van der Waals surface area contributed by atoms with Crippen molar-refractivity contribution in [2.75, 3.05) is 7.11 Å². The van der Waals surface area contributed by atoms with Gasteiger partial charge in [-0.15, -0.1) is 0 Å². The Hall–Kier alpha value is -3.29. The summed E-state index contributed by atoms with van der Waals surface area (Å²) in [6.07, 6.45) is 2.01. The highest BCUT2D eigenvalue weighted by Gasteiger charge is 2.46. The van der Waals surface area contributed by atoms with Crippen LogP contribution in [0.5, 0.6) is 5.75 Å². The Morgan fingerprint density at radius 2 is 1.90 bits per heavy atom. The van der Waals surface area contributed by atoms with Gasteiger partial charge in [0.2, 0.25) is 0 Å². The SMILES string of the molecule is COc1cccc(C(=O)N2C3CC[C@H]2c2nn(C)c(-c4cc(F)c(F)cc4F)c2C3)c1.[HH]. The van der Waals surface area contributed by atoms with Crippen LogP contribution in [0.25, 0.3) is 11.3 Å². The molecule has 8 heteroatoms. The van der Waals surface area contributed by atoms with Crippen molar-refractivity contribution >= 4 is 5.91 Å². The van der Waals surface area contributed by atoms with E-state index in [1.54, 1.807) is 38.4 Å². The minimum absolute atomic E-state index is 0. The normalized spacial score (nSPS) is 19.5. The number of aromatic nitrogens is 2. The molecule has 5 rings (SSSR count). The maximum atomic E-state index is 14.5. The molecule has 2 aromatic carbocycles. The molecule has 5 nitrogen and oxygen atoms in total. The van der Waals surface area contributed by atoms with E-state index in [1.165, 1.54) is 4.68 Å². The van der Waals surface area contributed by atoms with Crippen molar-refractivity contribution in [1.29, 1.82) is 0 Å². The van der Waals surface area contributed by atoms with E-state index in [0.717, 1.165) is 24.5 Å². The molecule has 1 saturated heterocycles. The summed E-state index contributed by atoms with van der Waals surface area (Å²) in [5.41, 5.74) is 2.41. The summed E-state index contributed by atoms with van der Waals surface area (Å²) >= 11 is 0. The predicted molar refractivity (Wildman–Crippen MR) is 109 cm³/mol. The lowest BCUT2D eigenvalue weighted by Gasteiger charge is -2.34. The fourth-order valence-corrected chi connectivity index (χ4v) is 4.90. The first-order valence-corrected chi connectivity index (χ1v) is 10.1. The fraction of sp³-hybridized carbons (Fsp3) is 0.304. The van der Waals surface area contributed by atoms with E-state index in [9.17, 15) is 18.0 Å². The van der Waals surface area contributed by atoms with Gasteiger partial charge in [-0.2, -0.15) is 5.10 Å². The molecular formula is C23H22F3N3O2. The molecule has 2 aliphatic heterocycles. The molecule has 1 amide bonds. The van der Waals surface area contributed by atoms with Crippen LogP contribution in [-0.2, 0) is 13.5 Å². The number of ether oxygens (including phenoxy) is 1. The standard InChI is InChI=1S/C23H20F3N3O2.H2/c1-28-22(15-10-18(25)19(26)11-17(15)24)16-9-13-6-7-20(21(16)27-28)29(13)23(30)12-4-3-5-14(8-12)31-2;/h3-5,8,10-11,13,20H,6-7,9H2,1-2H3;1H/t13?,20-;/m0./s1. The van der Waals surface area contributed by atoms with Crippen LogP contribution in [0, 0.1) is 17.5 Å². The number of aryl methyl sites for hydroxylation is 1. The molecule has 0 radical (unpaired) electrons. The maximum Gasteiger partial charge on any atom is 0.254 e. The molecule has 0 N–H and O–H groups in total. The Bertz CT molecular complexity index is 1210. The first-order valence-electron chi connectivity index (χ1n) is 10.1. The van der Waals surface area contributed by atoms with Gasteiger partial charge in [0.15, 0.2) is 11.6 Å². The fourth-order valence-electron chi connectivity index (χ4n) is 4.90. The third-order valence-corrected chi connectivity index (χ3v) is 6.25. The van der Waals surface area contributed by atoms with Crippen molar-refractivity contribution < 1.29 is 24.1 Å². The number of rotatable bonds is 3. The molecule has 2 atom stereocenters. The van der Waals surface area contributed by atoms with E-state index in [-0.39, 0.29) is 25.0 Å². The molecule has 162 valence electrons. The number of halogens is 3. The highest BCUT2D eigenvalue weighted by molar-refractivity contribution is 5.95. The van der Waals surface area contributed by atoms with E-state index in [2.05, 4.69) is 5.10 Å². The zero-order chi connectivity index (χ0) is 21.9. The van der Waals surface area contributed by atoms with Crippen molar-refractivity contribution in [2.24, 2.45) is 7.05 Å². The monoisotopic (exact) mass is 429 g/mol. The van der Waals surface area contributed by atoms with E-state index < -0.39 is 17.5 Å².